The average molecular weight is 469 g/mol. The van der Waals surface area contributed by atoms with Crippen LogP contribution in [0, 0.1) is 0 Å². The Morgan fingerprint density at radius 2 is 2.12 bits per heavy atom. The van der Waals surface area contributed by atoms with Gasteiger partial charge in [0.05, 0.1) is 37.2 Å². The second kappa shape index (κ2) is 9.88. The van der Waals surface area contributed by atoms with Crippen LogP contribution in [0.15, 0.2) is 51.9 Å². The number of carbonyl (C=O) groups excluding carboxylic acids is 1. The molecule has 0 spiro atoms. The number of methoxy groups -OCH3 is 1. The highest BCUT2D eigenvalue weighted by Gasteiger charge is 2.16. The first-order valence-electron chi connectivity index (χ1n) is 10.3. The summed E-state index contributed by atoms with van der Waals surface area (Å²) < 4.78 is 12.5. The number of primary amides is 1. The molecular weight excluding hydrogens is 444 g/mol. The van der Waals surface area contributed by atoms with Crippen LogP contribution in [0.2, 0.25) is 0 Å². The van der Waals surface area contributed by atoms with Gasteiger partial charge in [-0.2, -0.15) is 5.10 Å². The maximum Gasteiger partial charge on any atom is 0.252 e. The maximum absolute atomic E-state index is 11.7. The fourth-order valence-corrected chi connectivity index (χ4v) is 4.32. The topological polar surface area (TPSA) is 132 Å². The van der Waals surface area contributed by atoms with Crippen LogP contribution in [-0.4, -0.2) is 53.4 Å². The monoisotopic (exact) mass is 468 g/mol. The number of amides is 1. The van der Waals surface area contributed by atoms with Crippen LogP contribution >= 0.6 is 11.3 Å². The minimum atomic E-state index is -0.723. The summed E-state index contributed by atoms with van der Waals surface area (Å²) >= 11 is 1.40. The number of aromatic nitrogens is 1. The molecule has 0 aliphatic carbocycles. The summed E-state index contributed by atoms with van der Waals surface area (Å²) in [7, 11) is 1.48. The molecule has 4 N–H and O–H groups in total. The summed E-state index contributed by atoms with van der Waals surface area (Å²) in [4.78, 5) is 17.1. The normalized spacial score (nSPS) is 16.5. The molecule has 1 fully saturated rings. The van der Waals surface area contributed by atoms with Gasteiger partial charge in [0, 0.05) is 17.6 Å². The van der Waals surface area contributed by atoms with Crippen molar-refractivity contribution in [2.75, 3.05) is 20.3 Å². The van der Waals surface area contributed by atoms with E-state index < -0.39 is 5.91 Å². The third-order valence-electron chi connectivity index (χ3n) is 5.22. The van der Waals surface area contributed by atoms with E-state index in [0.717, 1.165) is 19.4 Å². The lowest BCUT2D eigenvalue weighted by molar-refractivity contribution is 0.0997. The highest BCUT2D eigenvalue weighted by molar-refractivity contribution is 7.07. The molecule has 9 nitrogen and oxygen atoms in total. The molecule has 2 heterocycles. The smallest absolute Gasteiger partial charge is 0.252 e. The molecule has 0 saturated carbocycles. The third kappa shape index (κ3) is 5.07. The Morgan fingerprint density at radius 1 is 1.30 bits per heavy atom. The molecule has 1 unspecified atom stereocenters. The van der Waals surface area contributed by atoms with Gasteiger partial charge in [-0.25, -0.2) is 4.68 Å². The quantitative estimate of drug-likeness (QED) is 0.459. The van der Waals surface area contributed by atoms with Crippen molar-refractivity contribution in [3.63, 3.8) is 0 Å². The Bertz CT molecular complexity index is 1260. The molecule has 4 rings (SSSR count). The number of nitrogens with two attached hydrogens (primary N) is 1. The van der Waals surface area contributed by atoms with Crippen molar-refractivity contribution in [2.45, 2.75) is 18.9 Å². The number of nitrogens with zero attached hydrogens (tertiary/aromatic N) is 3. The van der Waals surface area contributed by atoms with Crippen molar-refractivity contribution < 1.29 is 24.5 Å². The molecule has 1 aliphatic heterocycles. The predicted molar refractivity (Wildman–Crippen MR) is 125 cm³/mol. The van der Waals surface area contributed by atoms with Crippen molar-refractivity contribution >= 4 is 23.5 Å². The van der Waals surface area contributed by atoms with E-state index in [1.165, 1.54) is 36.6 Å². The van der Waals surface area contributed by atoms with Gasteiger partial charge in [-0.15, -0.1) is 11.3 Å². The number of rotatable bonds is 7. The van der Waals surface area contributed by atoms with Crippen molar-refractivity contribution in [2.24, 2.45) is 15.8 Å². The molecule has 1 aliphatic rings. The third-order valence-corrected chi connectivity index (χ3v) is 6.08. The van der Waals surface area contributed by atoms with Crippen LogP contribution in [0.4, 0.5) is 0 Å². The fraction of sp³-hybridized carbons (Fsp3) is 0.261. The van der Waals surface area contributed by atoms with Gasteiger partial charge >= 0.3 is 0 Å². The number of benzene rings is 2. The number of phenolic OH excluding ortho intramolecular Hbond substituents is 1. The van der Waals surface area contributed by atoms with Crippen LogP contribution in [0.25, 0.3) is 11.3 Å². The summed E-state index contributed by atoms with van der Waals surface area (Å²) in [6, 6.07) is 9.54. The van der Waals surface area contributed by atoms with E-state index in [0.29, 0.717) is 33.9 Å². The number of hydrogen-bond acceptors (Lipinski definition) is 8. The van der Waals surface area contributed by atoms with Crippen LogP contribution in [-0.2, 0) is 4.74 Å². The molecule has 1 saturated heterocycles. The minimum Gasteiger partial charge on any atom is -0.507 e. The van der Waals surface area contributed by atoms with Gasteiger partial charge < -0.3 is 25.4 Å². The maximum atomic E-state index is 11.7. The zero-order valence-corrected chi connectivity index (χ0v) is 18.8. The first kappa shape index (κ1) is 22.6. The van der Waals surface area contributed by atoms with Gasteiger partial charge in [-0.3, -0.25) is 9.79 Å². The second-order valence-corrected chi connectivity index (χ2v) is 8.30. The zero-order valence-electron chi connectivity index (χ0n) is 18.0. The van der Waals surface area contributed by atoms with E-state index in [1.807, 2.05) is 5.38 Å². The second-order valence-electron chi connectivity index (χ2n) is 7.46. The summed E-state index contributed by atoms with van der Waals surface area (Å²) in [6.45, 7) is 1.27. The van der Waals surface area contributed by atoms with Crippen LogP contribution in [0.3, 0.4) is 0 Å². The number of phenols is 2. The lowest BCUT2D eigenvalue weighted by atomic mass is 10.1. The number of thiazole rings is 1. The Kier molecular flexibility index (Phi) is 6.76. The van der Waals surface area contributed by atoms with Crippen molar-refractivity contribution in [1.82, 2.24) is 4.68 Å². The van der Waals surface area contributed by atoms with Gasteiger partial charge in [0.2, 0.25) is 4.80 Å². The van der Waals surface area contributed by atoms with E-state index in [-0.39, 0.29) is 23.2 Å². The van der Waals surface area contributed by atoms with E-state index in [4.69, 9.17) is 20.2 Å². The fourth-order valence-electron chi connectivity index (χ4n) is 3.48. The zero-order chi connectivity index (χ0) is 23.4. The van der Waals surface area contributed by atoms with Crippen molar-refractivity contribution in [3.05, 3.63) is 57.7 Å². The summed E-state index contributed by atoms with van der Waals surface area (Å²) in [5.41, 5.74) is 7.46. The molecule has 2 aromatic carbocycles. The Balaban J connectivity index is 1.77. The molecule has 0 bridgehead atoms. The molecule has 1 atom stereocenters. The lowest BCUT2D eigenvalue weighted by Gasteiger charge is -2.08. The largest absolute Gasteiger partial charge is 0.507 e. The standard InChI is InChI=1S/C23H24N4O5S/c1-31-21-9-14(4-6-20(21)29)11-26-27-18(15-5-7-19(28)17(10-15)22(24)30)13-33-23(27)25-12-16-3-2-8-32-16/h4-7,9-11,13,16,28-29H,2-3,8,12H2,1H3,(H2,24,30)/b25-23?,26-11+. The molecule has 1 aromatic heterocycles. The minimum absolute atomic E-state index is 0.0235. The highest BCUT2D eigenvalue weighted by Crippen LogP contribution is 2.27. The summed E-state index contributed by atoms with van der Waals surface area (Å²) in [5.74, 6) is -0.536. The Morgan fingerprint density at radius 3 is 2.85 bits per heavy atom. The van der Waals surface area contributed by atoms with Crippen LogP contribution < -0.4 is 15.3 Å². The van der Waals surface area contributed by atoms with E-state index >= 15 is 0 Å². The van der Waals surface area contributed by atoms with Gasteiger partial charge in [0.15, 0.2) is 11.5 Å². The number of ether oxygens (including phenoxy) is 2. The molecule has 0 radical (unpaired) electrons. The highest BCUT2D eigenvalue weighted by atomic mass is 32.1. The average Bonchev–Trinajstić information content (AvgIpc) is 3.47. The number of hydrogen-bond donors (Lipinski definition) is 3. The molecule has 1 amide bonds. The molecule has 172 valence electrons. The molecule has 33 heavy (non-hydrogen) atoms. The van der Waals surface area contributed by atoms with Gasteiger partial charge in [0.25, 0.3) is 5.91 Å². The Labute approximate surface area is 194 Å². The summed E-state index contributed by atoms with van der Waals surface area (Å²) in [5, 5.41) is 26.3. The van der Waals surface area contributed by atoms with Crippen molar-refractivity contribution in [1.29, 1.82) is 0 Å². The van der Waals surface area contributed by atoms with Crippen molar-refractivity contribution in [3.8, 4) is 28.5 Å². The van der Waals surface area contributed by atoms with Gasteiger partial charge in [0.1, 0.15) is 5.75 Å². The molecular formula is C23H24N4O5S. The SMILES string of the molecule is COc1cc(/C=N/n2c(-c3ccc(O)c(C(N)=O)c3)csc2=NCC2CCCO2)ccc1O. The number of carbonyl (C=O) groups is 1. The lowest BCUT2D eigenvalue weighted by Crippen LogP contribution is -2.17. The molecule has 10 heteroatoms. The first-order valence-corrected chi connectivity index (χ1v) is 11.2. The van der Waals surface area contributed by atoms with Gasteiger partial charge in [-0.05, 0) is 54.8 Å². The van der Waals surface area contributed by atoms with Crippen LogP contribution in [0.5, 0.6) is 17.2 Å². The Hall–Kier alpha value is -3.63. The van der Waals surface area contributed by atoms with E-state index in [2.05, 4.69) is 5.10 Å². The number of aromatic hydroxyl groups is 2. The molecule has 3 aromatic rings. The van der Waals surface area contributed by atoms with E-state index in [9.17, 15) is 15.0 Å². The van der Waals surface area contributed by atoms with Crippen LogP contribution in [0.1, 0.15) is 28.8 Å². The first-order chi connectivity index (χ1) is 16.0. The van der Waals surface area contributed by atoms with E-state index in [1.54, 1.807) is 29.1 Å². The predicted octanol–water partition coefficient (Wildman–Crippen LogP) is 2.70. The summed E-state index contributed by atoms with van der Waals surface area (Å²) in [6.07, 6.45) is 3.71. The van der Waals surface area contributed by atoms with Gasteiger partial charge in [-0.1, -0.05) is 0 Å².